The second-order valence-corrected chi connectivity index (χ2v) is 5.59. The molecule has 4 nitrogen and oxygen atoms in total. The van der Waals surface area contributed by atoms with Gasteiger partial charge >= 0.3 is 0 Å². The fourth-order valence-corrected chi connectivity index (χ4v) is 2.93. The number of benzene rings is 1. The van der Waals surface area contributed by atoms with Crippen molar-refractivity contribution in [1.82, 2.24) is 4.90 Å². The Balaban J connectivity index is 2.34. The average molecular weight is 310 g/mol. The van der Waals surface area contributed by atoms with Crippen molar-refractivity contribution in [3.05, 3.63) is 48.2 Å². The lowest BCUT2D eigenvalue weighted by molar-refractivity contribution is 0.0555. The molecule has 1 aromatic rings. The van der Waals surface area contributed by atoms with Crippen LogP contribution in [0.3, 0.4) is 0 Å². The first-order valence-corrected chi connectivity index (χ1v) is 7.03. The van der Waals surface area contributed by atoms with Crippen LogP contribution >= 0.6 is 0 Å². The summed E-state index contributed by atoms with van der Waals surface area (Å²) < 4.78 is 33.0. The Morgan fingerprint density at radius 1 is 1.55 bits per heavy atom. The molecule has 120 valence electrons. The summed E-state index contributed by atoms with van der Waals surface area (Å²) in [7, 11) is 1.81. The first-order chi connectivity index (χ1) is 10.5. The summed E-state index contributed by atoms with van der Waals surface area (Å²) in [6.07, 6.45) is 3.10. The van der Waals surface area contributed by atoms with Crippen LogP contribution in [0, 0.1) is 11.6 Å². The number of aliphatic hydroxyl groups is 1. The number of halogens is 2. The van der Waals surface area contributed by atoms with E-state index in [1.165, 1.54) is 18.3 Å². The molecule has 1 N–H and O–H groups in total. The number of likely N-dealkylation sites (N-methyl/N-ethyl adjacent to an activating group) is 1. The largest absolute Gasteiger partial charge is 0.394 e. The van der Waals surface area contributed by atoms with E-state index >= 15 is 0 Å². The summed E-state index contributed by atoms with van der Waals surface area (Å²) in [6, 6.07) is 3.57. The Morgan fingerprint density at radius 2 is 2.32 bits per heavy atom. The van der Waals surface area contributed by atoms with Crippen molar-refractivity contribution in [2.75, 3.05) is 26.8 Å². The van der Waals surface area contributed by atoms with E-state index in [1.54, 1.807) is 11.2 Å². The number of aliphatic imine (C=N–C) groups is 1. The lowest BCUT2D eigenvalue weighted by Gasteiger charge is -2.32. The van der Waals surface area contributed by atoms with Crippen molar-refractivity contribution in [3.8, 4) is 0 Å². The molecule has 1 aromatic carbocycles. The fourth-order valence-electron chi connectivity index (χ4n) is 2.93. The zero-order chi connectivity index (χ0) is 16.2. The third-order valence-electron chi connectivity index (χ3n) is 3.84. The van der Waals surface area contributed by atoms with Crippen LogP contribution in [0.4, 0.5) is 8.78 Å². The normalized spacial score (nSPS) is 24.8. The molecule has 22 heavy (non-hydrogen) atoms. The molecule has 1 unspecified atom stereocenters. The molecule has 2 atom stereocenters. The Bertz CT molecular complexity index is 565. The molecule has 1 aliphatic rings. The summed E-state index contributed by atoms with van der Waals surface area (Å²) in [5.74, 6) is -1.22. The van der Waals surface area contributed by atoms with Gasteiger partial charge in [0.1, 0.15) is 11.6 Å². The SMILES string of the molecule is C=CN=CN(C)C[C@]1(c2ccc(F)cc2F)COC(CO)C1. The van der Waals surface area contributed by atoms with Crippen LogP contribution < -0.4 is 0 Å². The molecule has 0 radical (unpaired) electrons. The summed E-state index contributed by atoms with van der Waals surface area (Å²) in [5.41, 5.74) is -0.267. The highest BCUT2D eigenvalue weighted by Crippen LogP contribution is 2.38. The number of hydrogen-bond donors (Lipinski definition) is 1. The van der Waals surface area contributed by atoms with Crippen molar-refractivity contribution in [1.29, 1.82) is 0 Å². The number of aliphatic hydroxyl groups excluding tert-OH is 1. The van der Waals surface area contributed by atoms with Crippen molar-refractivity contribution < 1.29 is 18.6 Å². The van der Waals surface area contributed by atoms with Gasteiger partial charge in [-0.15, -0.1) is 0 Å². The van der Waals surface area contributed by atoms with Gasteiger partial charge in [0.2, 0.25) is 0 Å². The number of hydrogen-bond acceptors (Lipinski definition) is 3. The third kappa shape index (κ3) is 3.51. The van der Waals surface area contributed by atoms with E-state index in [1.807, 2.05) is 7.05 Å². The summed E-state index contributed by atoms with van der Waals surface area (Å²) in [6.45, 7) is 4.07. The van der Waals surface area contributed by atoms with Gasteiger partial charge in [-0.2, -0.15) is 0 Å². The summed E-state index contributed by atoms with van der Waals surface area (Å²) in [4.78, 5) is 5.73. The molecule has 2 rings (SSSR count). The predicted octanol–water partition coefficient (Wildman–Crippen LogP) is 2.09. The smallest absolute Gasteiger partial charge is 0.130 e. The summed E-state index contributed by atoms with van der Waals surface area (Å²) in [5, 5.41) is 9.30. The molecule has 0 bridgehead atoms. The quantitative estimate of drug-likeness (QED) is 0.646. The van der Waals surface area contributed by atoms with Crippen molar-refractivity contribution in [2.45, 2.75) is 17.9 Å². The van der Waals surface area contributed by atoms with Crippen LogP contribution in [-0.4, -0.2) is 49.3 Å². The van der Waals surface area contributed by atoms with E-state index in [0.29, 0.717) is 18.5 Å². The highest BCUT2D eigenvalue weighted by Gasteiger charge is 2.43. The molecule has 1 aliphatic heterocycles. The topological polar surface area (TPSA) is 45.1 Å². The van der Waals surface area contributed by atoms with Crippen molar-refractivity contribution >= 4 is 6.34 Å². The van der Waals surface area contributed by atoms with Gasteiger partial charge in [0, 0.05) is 31.3 Å². The maximum atomic E-state index is 14.3. The van der Waals surface area contributed by atoms with Gasteiger partial charge in [-0.25, -0.2) is 13.8 Å². The zero-order valence-corrected chi connectivity index (χ0v) is 12.5. The monoisotopic (exact) mass is 310 g/mol. The Kier molecular flexibility index (Phi) is 5.26. The molecule has 0 spiro atoms. The number of ether oxygens (including phenoxy) is 1. The first kappa shape index (κ1) is 16.6. The Labute approximate surface area is 128 Å². The van der Waals surface area contributed by atoms with E-state index in [9.17, 15) is 13.9 Å². The Morgan fingerprint density at radius 3 is 2.91 bits per heavy atom. The van der Waals surface area contributed by atoms with E-state index in [0.717, 1.165) is 6.07 Å². The lowest BCUT2D eigenvalue weighted by Crippen LogP contribution is -2.40. The van der Waals surface area contributed by atoms with Crippen LogP contribution in [0.5, 0.6) is 0 Å². The third-order valence-corrected chi connectivity index (χ3v) is 3.84. The van der Waals surface area contributed by atoms with Gasteiger partial charge in [0.25, 0.3) is 0 Å². The van der Waals surface area contributed by atoms with Gasteiger partial charge in [0.05, 0.1) is 25.7 Å². The standard InChI is InChI=1S/C16H20F2N2O2/c1-3-19-11-20(2)9-16(7-13(8-21)22-10-16)14-5-4-12(17)6-15(14)18/h3-6,11,13,21H,1,7-10H2,2H3/t13?,16-/m0/s1. The summed E-state index contributed by atoms with van der Waals surface area (Å²) >= 11 is 0. The van der Waals surface area contributed by atoms with Gasteiger partial charge in [-0.05, 0) is 18.1 Å². The minimum Gasteiger partial charge on any atom is -0.394 e. The highest BCUT2D eigenvalue weighted by atomic mass is 19.1. The average Bonchev–Trinajstić information content (AvgIpc) is 2.89. The maximum absolute atomic E-state index is 14.3. The van der Waals surface area contributed by atoms with Gasteiger partial charge in [0.15, 0.2) is 0 Å². The van der Waals surface area contributed by atoms with Crippen LogP contribution in [0.25, 0.3) is 0 Å². The molecule has 1 heterocycles. The van der Waals surface area contributed by atoms with E-state index in [2.05, 4.69) is 11.6 Å². The van der Waals surface area contributed by atoms with Gasteiger partial charge < -0.3 is 14.7 Å². The number of rotatable bonds is 6. The first-order valence-electron chi connectivity index (χ1n) is 7.03. The molecule has 0 amide bonds. The molecule has 0 saturated carbocycles. The number of nitrogens with zero attached hydrogens (tertiary/aromatic N) is 2. The minimum absolute atomic E-state index is 0.130. The second kappa shape index (κ2) is 6.98. The lowest BCUT2D eigenvalue weighted by atomic mass is 9.77. The predicted molar refractivity (Wildman–Crippen MR) is 80.8 cm³/mol. The van der Waals surface area contributed by atoms with Crippen LogP contribution in [-0.2, 0) is 10.2 Å². The fraction of sp³-hybridized carbons (Fsp3) is 0.438. The second-order valence-electron chi connectivity index (χ2n) is 5.59. The van der Waals surface area contributed by atoms with E-state index in [4.69, 9.17) is 4.74 Å². The van der Waals surface area contributed by atoms with E-state index in [-0.39, 0.29) is 19.3 Å². The minimum atomic E-state index is -0.660. The van der Waals surface area contributed by atoms with Crippen molar-refractivity contribution in [2.24, 2.45) is 4.99 Å². The molecule has 1 fully saturated rings. The molecular weight excluding hydrogens is 290 g/mol. The van der Waals surface area contributed by atoms with Gasteiger partial charge in [-0.3, -0.25) is 0 Å². The van der Waals surface area contributed by atoms with E-state index < -0.39 is 17.0 Å². The molecule has 0 aromatic heterocycles. The molecular formula is C16H20F2N2O2. The van der Waals surface area contributed by atoms with Crippen LogP contribution in [0.1, 0.15) is 12.0 Å². The highest BCUT2D eigenvalue weighted by molar-refractivity contribution is 5.55. The van der Waals surface area contributed by atoms with Gasteiger partial charge in [-0.1, -0.05) is 12.6 Å². The van der Waals surface area contributed by atoms with Crippen LogP contribution in [0.15, 0.2) is 36.0 Å². The molecule has 6 heteroatoms. The van der Waals surface area contributed by atoms with Crippen molar-refractivity contribution in [3.63, 3.8) is 0 Å². The molecule has 1 saturated heterocycles. The van der Waals surface area contributed by atoms with Crippen LogP contribution in [0.2, 0.25) is 0 Å². The zero-order valence-electron chi connectivity index (χ0n) is 12.5. The molecule has 0 aliphatic carbocycles. The Hall–Kier alpha value is -1.79. The maximum Gasteiger partial charge on any atom is 0.130 e.